The number of imidazole rings is 1. The van der Waals surface area contributed by atoms with Gasteiger partial charge < -0.3 is 4.57 Å². The molecule has 3 nitrogen and oxygen atoms in total. The van der Waals surface area contributed by atoms with Crippen LogP contribution in [-0.4, -0.2) is 15.3 Å². The van der Waals surface area contributed by atoms with Crippen molar-refractivity contribution < 1.29 is 4.79 Å². The lowest BCUT2D eigenvalue weighted by Crippen LogP contribution is -1.99. The molecule has 0 fully saturated rings. The molecule has 2 aromatic rings. The van der Waals surface area contributed by atoms with E-state index in [4.69, 9.17) is 0 Å². The van der Waals surface area contributed by atoms with E-state index >= 15 is 0 Å². The van der Waals surface area contributed by atoms with Crippen LogP contribution in [0.5, 0.6) is 0 Å². The number of nitrogens with zero attached hydrogens (tertiary/aromatic N) is 2. The SMILES string of the molecule is Cn1cnc(C(=O)c2csc(Br)c2)c1. The van der Waals surface area contributed by atoms with Gasteiger partial charge in [0.15, 0.2) is 0 Å². The third-order valence-corrected chi connectivity index (χ3v) is 3.27. The molecule has 0 atom stereocenters. The van der Waals surface area contributed by atoms with Crippen LogP contribution in [0.1, 0.15) is 16.1 Å². The lowest BCUT2D eigenvalue weighted by molar-refractivity contribution is 0.103. The van der Waals surface area contributed by atoms with Gasteiger partial charge in [-0.1, -0.05) is 0 Å². The van der Waals surface area contributed by atoms with Crippen molar-refractivity contribution in [3.8, 4) is 0 Å². The Morgan fingerprint density at radius 1 is 1.64 bits per heavy atom. The van der Waals surface area contributed by atoms with Crippen LogP contribution < -0.4 is 0 Å². The molecule has 0 saturated carbocycles. The first kappa shape index (κ1) is 9.61. The van der Waals surface area contributed by atoms with E-state index in [2.05, 4.69) is 20.9 Å². The first-order valence-electron chi connectivity index (χ1n) is 3.93. The molecule has 0 radical (unpaired) electrons. The second-order valence-corrected chi connectivity index (χ2v) is 5.18. The molecule has 0 bridgehead atoms. The highest BCUT2D eigenvalue weighted by Gasteiger charge is 2.12. The van der Waals surface area contributed by atoms with Crippen molar-refractivity contribution in [1.82, 2.24) is 9.55 Å². The summed E-state index contributed by atoms with van der Waals surface area (Å²) in [5, 5.41) is 1.82. The van der Waals surface area contributed by atoms with Crippen molar-refractivity contribution in [2.75, 3.05) is 0 Å². The summed E-state index contributed by atoms with van der Waals surface area (Å²) in [5.74, 6) is -0.0347. The molecule has 72 valence electrons. The Hall–Kier alpha value is -0.940. The van der Waals surface area contributed by atoms with E-state index in [0.717, 1.165) is 3.79 Å². The Morgan fingerprint density at radius 3 is 2.93 bits per heavy atom. The van der Waals surface area contributed by atoms with Crippen LogP contribution in [0.2, 0.25) is 0 Å². The smallest absolute Gasteiger partial charge is 0.213 e. The molecule has 0 spiro atoms. The van der Waals surface area contributed by atoms with Crippen LogP contribution >= 0.6 is 27.3 Å². The zero-order valence-corrected chi connectivity index (χ0v) is 9.80. The van der Waals surface area contributed by atoms with Crippen molar-refractivity contribution in [3.63, 3.8) is 0 Å². The molecule has 5 heteroatoms. The van der Waals surface area contributed by atoms with Gasteiger partial charge in [-0.15, -0.1) is 11.3 Å². The standard InChI is InChI=1S/C9H7BrN2OS/c1-12-3-7(11-5-12)9(13)6-2-8(10)14-4-6/h2-5H,1H3. The molecule has 0 aromatic carbocycles. The summed E-state index contributed by atoms with van der Waals surface area (Å²) in [6, 6.07) is 1.81. The number of thiophene rings is 1. The summed E-state index contributed by atoms with van der Waals surface area (Å²) >= 11 is 4.81. The molecule has 2 heterocycles. The highest BCUT2D eigenvalue weighted by atomic mass is 79.9. The summed E-state index contributed by atoms with van der Waals surface area (Å²) in [7, 11) is 1.84. The molecule has 0 aliphatic carbocycles. The molecule has 0 aliphatic heterocycles. The van der Waals surface area contributed by atoms with E-state index in [1.165, 1.54) is 11.3 Å². The third-order valence-electron chi connectivity index (χ3n) is 1.77. The maximum absolute atomic E-state index is 11.8. The van der Waals surface area contributed by atoms with Crippen molar-refractivity contribution in [3.05, 3.63) is 39.0 Å². The summed E-state index contributed by atoms with van der Waals surface area (Å²) in [4.78, 5) is 15.8. The topological polar surface area (TPSA) is 34.9 Å². The lowest BCUT2D eigenvalue weighted by Gasteiger charge is -1.90. The molecule has 0 amide bonds. The number of aryl methyl sites for hydroxylation is 1. The number of halogens is 1. The van der Waals surface area contributed by atoms with E-state index in [1.807, 2.05) is 18.5 Å². The number of carbonyl (C=O) groups excluding carboxylic acids is 1. The fourth-order valence-electron chi connectivity index (χ4n) is 1.11. The number of aromatic nitrogens is 2. The van der Waals surface area contributed by atoms with Gasteiger partial charge in [0, 0.05) is 24.2 Å². The van der Waals surface area contributed by atoms with Crippen LogP contribution in [0.15, 0.2) is 27.8 Å². The van der Waals surface area contributed by atoms with Gasteiger partial charge in [-0.25, -0.2) is 4.98 Å². The largest absolute Gasteiger partial charge is 0.340 e. The Bertz CT molecular complexity index is 432. The van der Waals surface area contributed by atoms with Crippen molar-refractivity contribution in [1.29, 1.82) is 0 Å². The predicted molar refractivity (Wildman–Crippen MR) is 58.7 cm³/mol. The molecular formula is C9H7BrN2OS. The second kappa shape index (κ2) is 3.67. The summed E-state index contributed by atoms with van der Waals surface area (Å²) < 4.78 is 2.71. The average molecular weight is 271 g/mol. The first-order chi connectivity index (χ1) is 6.66. The molecule has 0 N–H and O–H groups in total. The normalized spacial score (nSPS) is 10.4. The van der Waals surface area contributed by atoms with E-state index in [9.17, 15) is 4.79 Å². The third kappa shape index (κ3) is 1.78. The minimum atomic E-state index is -0.0347. The highest BCUT2D eigenvalue weighted by molar-refractivity contribution is 9.11. The molecular weight excluding hydrogens is 264 g/mol. The van der Waals surface area contributed by atoms with Gasteiger partial charge in [0.2, 0.25) is 5.78 Å². The number of carbonyl (C=O) groups is 1. The van der Waals surface area contributed by atoms with E-state index in [0.29, 0.717) is 11.3 Å². The minimum absolute atomic E-state index is 0.0347. The van der Waals surface area contributed by atoms with Crippen molar-refractivity contribution >= 4 is 33.0 Å². The number of hydrogen-bond donors (Lipinski definition) is 0. The van der Waals surface area contributed by atoms with Crippen molar-refractivity contribution in [2.24, 2.45) is 7.05 Å². The van der Waals surface area contributed by atoms with E-state index < -0.39 is 0 Å². The van der Waals surface area contributed by atoms with Gasteiger partial charge in [0.1, 0.15) is 5.69 Å². The van der Waals surface area contributed by atoms with Gasteiger partial charge in [0.25, 0.3) is 0 Å². The van der Waals surface area contributed by atoms with E-state index in [-0.39, 0.29) is 5.78 Å². The van der Waals surface area contributed by atoms with E-state index in [1.54, 1.807) is 17.1 Å². The maximum Gasteiger partial charge on any atom is 0.213 e. The first-order valence-corrected chi connectivity index (χ1v) is 5.61. The molecule has 2 aromatic heterocycles. The minimum Gasteiger partial charge on any atom is -0.340 e. The summed E-state index contributed by atoms with van der Waals surface area (Å²) in [5.41, 5.74) is 1.17. The zero-order chi connectivity index (χ0) is 10.1. The molecule has 2 rings (SSSR count). The number of rotatable bonds is 2. The quantitative estimate of drug-likeness (QED) is 0.786. The Kier molecular flexibility index (Phi) is 2.52. The summed E-state index contributed by atoms with van der Waals surface area (Å²) in [6.45, 7) is 0. The molecule has 0 saturated heterocycles. The maximum atomic E-state index is 11.8. The summed E-state index contributed by atoms with van der Waals surface area (Å²) in [6.07, 6.45) is 3.34. The lowest BCUT2D eigenvalue weighted by atomic mass is 10.2. The van der Waals surface area contributed by atoms with Gasteiger partial charge in [0.05, 0.1) is 10.1 Å². The Balaban J connectivity index is 2.33. The molecule has 14 heavy (non-hydrogen) atoms. The monoisotopic (exact) mass is 270 g/mol. The highest BCUT2D eigenvalue weighted by Crippen LogP contribution is 2.22. The number of hydrogen-bond acceptors (Lipinski definition) is 3. The van der Waals surface area contributed by atoms with Crippen LogP contribution in [-0.2, 0) is 7.05 Å². The van der Waals surface area contributed by atoms with Crippen LogP contribution in [0.3, 0.4) is 0 Å². The van der Waals surface area contributed by atoms with Gasteiger partial charge in [-0.2, -0.15) is 0 Å². The Labute approximate surface area is 93.5 Å². The fourth-order valence-corrected chi connectivity index (χ4v) is 2.24. The van der Waals surface area contributed by atoms with Crippen molar-refractivity contribution in [2.45, 2.75) is 0 Å². The van der Waals surface area contributed by atoms with Gasteiger partial charge in [-0.05, 0) is 22.0 Å². The van der Waals surface area contributed by atoms with Crippen LogP contribution in [0, 0.1) is 0 Å². The van der Waals surface area contributed by atoms with Crippen LogP contribution in [0.4, 0.5) is 0 Å². The zero-order valence-electron chi connectivity index (χ0n) is 7.40. The second-order valence-electron chi connectivity index (χ2n) is 2.89. The average Bonchev–Trinajstić information content (AvgIpc) is 2.73. The molecule has 0 unspecified atom stereocenters. The predicted octanol–water partition coefficient (Wildman–Crippen LogP) is 2.48. The Morgan fingerprint density at radius 2 is 2.43 bits per heavy atom. The van der Waals surface area contributed by atoms with Crippen LogP contribution in [0.25, 0.3) is 0 Å². The van der Waals surface area contributed by atoms with Gasteiger partial charge in [-0.3, -0.25) is 4.79 Å². The number of ketones is 1. The fraction of sp³-hybridized carbons (Fsp3) is 0.111. The van der Waals surface area contributed by atoms with Gasteiger partial charge >= 0.3 is 0 Å². The molecule has 0 aliphatic rings.